The maximum absolute atomic E-state index is 13.2. The number of aliphatic hydroxyl groups is 1. The van der Waals surface area contributed by atoms with Crippen LogP contribution in [0.25, 0.3) is 0 Å². The minimum atomic E-state index is -5.20. The van der Waals surface area contributed by atoms with Crippen LogP contribution in [0.1, 0.15) is 37.2 Å². The summed E-state index contributed by atoms with van der Waals surface area (Å²) in [5, 5.41) is 19.0. The van der Waals surface area contributed by atoms with Gasteiger partial charge in [0, 0.05) is 5.92 Å². The van der Waals surface area contributed by atoms with E-state index in [9.17, 15) is 23.1 Å². The van der Waals surface area contributed by atoms with Gasteiger partial charge in [0.25, 0.3) is 5.60 Å². The third-order valence-corrected chi connectivity index (χ3v) is 4.29. The van der Waals surface area contributed by atoms with E-state index in [2.05, 4.69) is 0 Å². The lowest BCUT2D eigenvalue weighted by molar-refractivity contribution is -0.280. The highest BCUT2D eigenvalue weighted by Gasteiger charge is 2.65. The Morgan fingerprint density at radius 2 is 1.67 bits per heavy atom. The van der Waals surface area contributed by atoms with Crippen molar-refractivity contribution in [2.24, 2.45) is 5.92 Å². The number of hydrogen-bond acceptors (Lipinski definition) is 2. The van der Waals surface area contributed by atoms with Gasteiger partial charge in [-0.25, -0.2) is 4.79 Å². The van der Waals surface area contributed by atoms with E-state index in [-0.39, 0.29) is 6.42 Å². The molecule has 0 aromatic heterocycles. The van der Waals surface area contributed by atoms with Crippen molar-refractivity contribution in [3.8, 4) is 0 Å². The van der Waals surface area contributed by atoms with Crippen LogP contribution in [0.5, 0.6) is 0 Å². The van der Waals surface area contributed by atoms with Crippen molar-refractivity contribution >= 4 is 5.97 Å². The monoisotopic (exact) mass is 302 g/mol. The lowest BCUT2D eigenvalue weighted by atomic mass is 9.67. The molecule has 1 aromatic rings. The first-order valence-corrected chi connectivity index (χ1v) is 6.86. The third kappa shape index (κ3) is 2.77. The summed E-state index contributed by atoms with van der Waals surface area (Å²) >= 11 is 0. The van der Waals surface area contributed by atoms with Crippen LogP contribution in [0.3, 0.4) is 0 Å². The smallest absolute Gasteiger partial charge is 0.428 e. The normalized spacial score (nSPS) is 26.1. The molecule has 3 unspecified atom stereocenters. The molecule has 1 fully saturated rings. The number of carboxylic acids is 1. The fourth-order valence-electron chi connectivity index (χ4n) is 3.22. The van der Waals surface area contributed by atoms with Gasteiger partial charge in [0.05, 0.1) is 0 Å². The summed E-state index contributed by atoms with van der Waals surface area (Å²) in [6, 6.07) is 8.51. The molecule has 0 saturated heterocycles. The first-order chi connectivity index (χ1) is 9.78. The topological polar surface area (TPSA) is 57.5 Å². The summed E-state index contributed by atoms with van der Waals surface area (Å²) in [5.41, 5.74) is -3.06. The number of carboxylic acid groups (broad SMARTS) is 1. The summed E-state index contributed by atoms with van der Waals surface area (Å²) in [7, 11) is 0. The summed E-state index contributed by atoms with van der Waals surface area (Å²) in [6.07, 6.45) is -3.50. The second-order valence-electron chi connectivity index (χ2n) is 5.48. The number of carbonyl (C=O) groups is 1. The van der Waals surface area contributed by atoms with Crippen molar-refractivity contribution < 1.29 is 28.2 Å². The number of benzene rings is 1. The molecule has 0 spiro atoms. The SMILES string of the molecule is O=C(O)C(O)(C1CCCCC1c1ccccc1)C(F)(F)F. The quantitative estimate of drug-likeness (QED) is 0.900. The van der Waals surface area contributed by atoms with Crippen LogP contribution in [-0.4, -0.2) is 28.0 Å². The van der Waals surface area contributed by atoms with Gasteiger partial charge in [0.15, 0.2) is 0 Å². The summed E-state index contributed by atoms with van der Waals surface area (Å²) < 4.78 is 39.6. The van der Waals surface area contributed by atoms with Gasteiger partial charge in [0.1, 0.15) is 0 Å². The number of alkyl halides is 3. The van der Waals surface area contributed by atoms with Crippen LogP contribution >= 0.6 is 0 Å². The number of rotatable bonds is 3. The zero-order valence-electron chi connectivity index (χ0n) is 11.3. The van der Waals surface area contributed by atoms with Crippen LogP contribution in [0.15, 0.2) is 30.3 Å². The predicted octanol–water partition coefficient (Wildman–Crippen LogP) is 3.34. The van der Waals surface area contributed by atoms with E-state index in [0.29, 0.717) is 18.4 Å². The predicted molar refractivity (Wildman–Crippen MR) is 69.8 cm³/mol. The van der Waals surface area contributed by atoms with E-state index in [0.717, 1.165) is 6.42 Å². The summed E-state index contributed by atoms with van der Waals surface area (Å²) in [6.45, 7) is 0. The lowest BCUT2D eigenvalue weighted by Crippen LogP contribution is -2.59. The molecule has 6 heteroatoms. The second kappa shape index (κ2) is 5.67. The van der Waals surface area contributed by atoms with Crippen molar-refractivity contribution in [1.82, 2.24) is 0 Å². The number of halogens is 3. The molecule has 0 amide bonds. The van der Waals surface area contributed by atoms with E-state index < -0.39 is 29.6 Å². The van der Waals surface area contributed by atoms with Crippen LogP contribution in [0.2, 0.25) is 0 Å². The van der Waals surface area contributed by atoms with E-state index >= 15 is 0 Å². The molecule has 1 saturated carbocycles. The second-order valence-corrected chi connectivity index (χ2v) is 5.48. The van der Waals surface area contributed by atoms with Crippen molar-refractivity contribution in [3.05, 3.63) is 35.9 Å². The summed E-state index contributed by atoms with van der Waals surface area (Å²) in [4.78, 5) is 11.2. The minimum Gasteiger partial charge on any atom is -0.479 e. The van der Waals surface area contributed by atoms with Gasteiger partial charge in [-0.3, -0.25) is 0 Å². The Balaban J connectivity index is 2.44. The Kier molecular flexibility index (Phi) is 4.27. The van der Waals surface area contributed by atoms with Crippen molar-refractivity contribution in [3.63, 3.8) is 0 Å². The Hall–Kier alpha value is -1.56. The highest BCUT2D eigenvalue weighted by Crippen LogP contribution is 2.49. The summed E-state index contributed by atoms with van der Waals surface area (Å²) in [5.74, 6) is -4.20. The van der Waals surface area contributed by atoms with E-state index in [1.54, 1.807) is 30.3 Å². The Labute approximate surface area is 120 Å². The van der Waals surface area contributed by atoms with Crippen LogP contribution in [0, 0.1) is 5.92 Å². The fraction of sp³-hybridized carbons (Fsp3) is 0.533. The Morgan fingerprint density at radius 1 is 1.10 bits per heavy atom. The third-order valence-electron chi connectivity index (χ3n) is 4.29. The Bertz CT molecular complexity index is 501. The maximum Gasteiger partial charge on any atom is 0.428 e. The van der Waals surface area contributed by atoms with Gasteiger partial charge in [-0.1, -0.05) is 43.2 Å². The van der Waals surface area contributed by atoms with Crippen LogP contribution < -0.4 is 0 Å². The van der Waals surface area contributed by atoms with E-state index in [1.165, 1.54) is 0 Å². The van der Waals surface area contributed by atoms with Crippen molar-refractivity contribution in [2.45, 2.75) is 43.4 Å². The molecule has 2 rings (SSSR count). The average Bonchev–Trinajstić information content (AvgIpc) is 2.46. The lowest BCUT2D eigenvalue weighted by Gasteiger charge is -2.41. The molecule has 0 aliphatic heterocycles. The van der Waals surface area contributed by atoms with Gasteiger partial charge in [-0.15, -0.1) is 0 Å². The zero-order chi connectivity index (χ0) is 15.7. The molecule has 0 heterocycles. The van der Waals surface area contributed by atoms with Gasteiger partial charge >= 0.3 is 12.1 Å². The molecular formula is C15H17F3O3. The van der Waals surface area contributed by atoms with Gasteiger partial charge in [0.2, 0.25) is 0 Å². The fourth-order valence-corrected chi connectivity index (χ4v) is 3.22. The Morgan fingerprint density at radius 3 is 2.19 bits per heavy atom. The first-order valence-electron chi connectivity index (χ1n) is 6.86. The highest BCUT2D eigenvalue weighted by molar-refractivity contribution is 5.79. The maximum atomic E-state index is 13.2. The molecule has 1 aliphatic carbocycles. The number of hydrogen-bond donors (Lipinski definition) is 2. The molecule has 3 nitrogen and oxygen atoms in total. The van der Waals surface area contributed by atoms with Crippen LogP contribution in [-0.2, 0) is 4.79 Å². The van der Waals surface area contributed by atoms with Gasteiger partial charge in [-0.2, -0.15) is 13.2 Å². The van der Waals surface area contributed by atoms with E-state index in [1.807, 2.05) is 0 Å². The van der Waals surface area contributed by atoms with Crippen molar-refractivity contribution in [1.29, 1.82) is 0 Å². The standard InChI is InChI=1S/C15H17F3O3/c16-15(17,18)14(21,13(19)20)12-9-5-4-8-11(12)10-6-2-1-3-7-10/h1-3,6-7,11-12,21H,4-5,8-9H2,(H,19,20). The molecule has 3 atom stereocenters. The molecule has 116 valence electrons. The minimum absolute atomic E-state index is 0.0435. The molecule has 1 aromatic carbocycles. The molecular weight excluding hydrogens is 285 g/mol. The molecule has 1 aliphatic rings. The molecule has 0 radical (unpaired) electrons. The van der Waals surface area contributed by atoms with Gasteiger partial charge in [-0.05, 0) is 24.3 Å². The largest absolute Gasteiger partial charge is 0.479 e. The first kappa shape index (κ1) is 15.8. The molecule has 2 N–H and O–H groups in total. The van der Waals surface area contributed by atoms with E-state index in [4.69, 9.17) is 5.11 Å². The number of aliphatic carboxylic acids is 1. The van der Waals surface area contributed by atoms with Crippen molar-refractivity contribution in [2.75, 3.05) is 0 Å². The van der Waals surface area contributed by atoms with Crippen LogP contribution in [0.4, 0.5) is 13.2 Å². The highest BCUT2D eigenvalue weighted by atomic mass is 19.4. The zero-order valence-corrected chi connectivity index (χ0v) is 11.3. The van der Waals surface area contributed by atoms with Gasteiger partial charge < -0.3 is 10.2 Å². The molecule has 21 heavy (non-hydrogen) atoms. The average molecular weight is 302 g/mol. The molecule has 0 bridgehead atoms.